The third-order valence-electron chi connectivity index (χ3n) is 2.81. The molecule has 1 N–H and O–H groups in total. The van der Waals surface area contributed by atoms with Crippen molar-refractivity contribution in [2.75, 3.05) is 13.7 Å². The van der Waals surface area contributed by atoms with Crippen LogP contribution in [0.15, 0.2) is 4.99 Å². The normalized spacial score (nSPS) is 17.6. The zero-order valence-corrected chi connectivity index (χ0v) is 9.66. The van der Waals surface area contributed by atoms with Crippen LogP contribution in [0.5, 0.6) is 0 Å². The molecule has 1 saturated carbocycles. The minimum Gasteiger partial charge on any atom is -0.482 e. The van der Waals surface area contributed by atoms with Crippen LogP contribution < -0.4 is 5.32 Å². The van der Waals surface area contributed by atoms with Crippen LogP contribution in [0.4, 0.5) is 0 Å². The summed E-state index contributed by atoms with van der Waals surface area (Å²) < 4.78 is 4.92. The van der Waals surface area contributed by atoms with Crippen molar-refractivity contribution in [3.63, 3.8) is 0 Å². The lowest BCUT2D eigenvalue weighted by Crippen LogP contribution is -2.35. The predicted octanol–water partition coefficient (Wildman–Crippen LogP) is 1.32. The molecule has 0 radical (unpaired) electrons. The van der Waals surface area contributed by atoms with Crippen LogP contribution in [0.2, 0.25) is 0 Å². The van der Waals surface area contributed by atoms with E-state index in [-0.39, 0.29) is 18.4 Å². The number of hydrogen-bond acceptors (Lipinski definition) is 3. The van der Waals surface area contributed by atoms with Crippen LogP contribution in [0.25, 0.3) is 0 Å². The second-order valence-electron chi connectivity index (χ2n) is 3.89. The first kappa shape index (κ1) is 12.6. The van der Waals surface area contributed by atoms with Crippen molar-refractivity contribution in [2.45, 2.75) is 32.1 Å². The molecule has 0 spiro atoms. The quantitative estimate of drug-likeness (QED) is 0.445. The molecular weight excluding hydrogens is 204 g/mol. The zero-order chi connectivity index (χ0) is 11.8. The van der Waals surface area contributed by atoms with E-state index in [9.17, 15) is 4.79 Å². The smallest absolute Gasteiger partial charge is 0.223 e. The second-order valence-corrected chi connectivity index (χ2v) is 3.89. The van der Waals surface area contributed by atoms with Gasteiger partial charge in [0, 0.05) is 12.0 Å². The molecular formula is C12H18N2O2. The van der Waals surface area contributed by atoms with Crippen molar-refractivity contribution in [1.82, 2.24) is 5.32 Å². The summed E-state index contributed by atoms with van der Waals surface area (Å²) in [6, 6.07) is 2.13. The van der Waals surface area contributed by atoms with Crippen molar-refractivity contribution < 1.29 is 9.53 Å². The van der Waals surface area contributed by atoms with Crippen LogP contribution in [-0.2, 0) is 9.53 Å². The second kappa shape index (κ2) is 6.89. The predicted molar refractivity (Wildman–Crippen MR) is 62.9 cm³/mol. The Labute approximate surface area is 96.5 Å². The van der Waals surface area contributed by atoms with Crippen molar-refractivity contribution in [3.05, 3.63) is 0 Å². The third kappa shape index (κ3) is 3.93. The van der Waals surface area contributed by atoms with Gasteiger partial charge in [0.1, 0.15) is 0 Å². The molecule has 1 fully saturated rings. The summed E-state index contributed by atoms with van der Waals surface area (Å²) in [6.45, 7) is 0.274. The molecule has 1 aliphatic carbocycles. The number of hydrogen-bond donors (Lipinski definition) is 1. The van der Waals surface area contributed by atoms with E-state index in [0.29, 0.717) is 5.90 Å². The van der Waals surface area contributed by atoms with Gasteiger partial charge in [-0.15, -0.1) is 0 Å². The molecule has 1 amide bonds. The number of ether oxygens (including phenoxy) is 1. The topological polar surface area (TPSA) is 50.7 Å². The van der Waals surface area contributed by atoms with Gasteiger partial charge in [-0.25, -0.2) is 0 Å². The number of carbonyl (C=O) groups is 1. The molecule has 0 aromatic heterocycles. The highest BCUT2D eigenvalue weighted by Gasteiger charge is 2.20. The van der Waals surface area contributed by atoms with E-state index in [0.717, 1.165) is 25.7 Å². The molecule has 0 heterocycles. The zero-order valence-electron chi connectivity index (χ0n) is 9.66. The Morgan fingerprint density at radius 1 is 1.50 bits per heavy atom. The summed E-state index contributed by atoms with van der Waals surface area (Å²) in [5.41, 5.74) is 0. The van der Waals surface area contributed by atoms with E-state index >= 15 is 0 Å². The lowest BCUT2D eigenvalue weighted by molar-refractivity contribution is -0.125. The SMILES string of the molecule is C#CN=C(CNC(=O)C1CCCCC1)OC. The molecule has 0 aromatic rings. The minimum atomic E-state index is 0.0847. The Morgan fingerprint density at radius 3 is 2.75 bits per heavy atom. The van der Waals surface area contributed by atoms with E-state index in [4.69, 9.17) is 11.2 Å². The van der Waals surface area contributed by atoms with Gasteiger partial charge >= 0.3 is 0 Å². The molecule has 0 saturated heterocycles. The number of amides is 1. The van der Waals surface area contributed by atoms with Gasteiger partial charge in [0.25, 0.3) is 0 Å². The molecule has 16 heavy (non-hydrogen) atoms. The van der Waals surface area contributed by atoms with E-state index in [2.05, 4.69) is 16.4 Å². The van der Waals surface area contributed by atoms with Gasteiger partial charge in [-0.05, 0) is 12.8 Å². The number of nitrogens with one attached hydrogen (secondary N) is 1. The molecule has 1 rings (SSSR count). The number of aliphatic imine (C=N–C) groups is 1. The Kier molecular flexibility index (Phi) is 5.41. The fourth-order valence-corrected chi connectivity index (χ4v) is 1.90. The molecule has 0 atom stereocenters. The maximum absolute atomic E-state index is 11.7. The maximum atomic E-state index is 11.7. The standard InChI is InChI=1S/C12H18N2O2/c1-3-13-11(16-2)9-14-12(15)10-7-5-4-6-8-10/h1,10H,4-9H2,2H3,(H,14,15). The highest BCUT2D eigenvalue weighted by Crippen LogP contribution is 2.23. The molecule has 1 aliphatic rings. The van der Waals surface area contributed by atoms with Crippen LogP contribution >= 0.6 is 0 Å². The van der Waals surface area contributed by atoms with Gasteiger partial charge < -0.3 is 10.1 Å². The van der Waals surface area contributed by atoms with Gasteiger partial charge in [-0.1, -0.05) is 25.7 Å². The summed E-state index contributed by atoms with van der Waals surface area (Å²) >= 11 is 0. The first-order valence-corrected chi connectivity index (χ1v) is 5.61. The average molecular weight is 222 g/mol. The Morgan fingerprint density at radius 2 is 2.19 bits per heavy atom. The van der Waals surface area contributed by atoms with Gasteiger partial charge in [0.15, 0.2) is 0 Å². The summed E-state index contributed by atoms with van der Waals surface area (Å²) in [5, 5.41) is 2.80. The molecule has 4 heteroatoms. The van der Waals surface area contributed by atoms with Gasteiger partial charge in [-0.2, -0.15) is 4.99 Å². The first-order chi connectivity index (χ1) is 7.77. The minimum absolute atomic E-state index is 0.0847. The molecule has 0 unspecified atom stereocenters. The lowest BCUT2D eigenvalue weighted by atomic mass is 9.89. The van der Waals surface area contributed by atoms with Gasteiger partial charge in [0.05, 0.1) is 13.7 Å². The number of carbonyl (C=O) groups excluding carboxylic acids is 1. The maximum Gasteiger partial charge on any atom is 0.223 e. The summed E-state index contributed by atoms with van der Waals surface area (Å²) in [7, 11) is 1.49. The molecule has 88 valence electrons. The summed E-state index contributed by atoms with van der Waals surface area (Å²) in [5.74, 6) is 0.603. The molecule has 0 aliphatic heterocycles. The highest BCUT2D eigenvalue weighted by molar-refractivity contribution is 5.86. The summed E-state index contributed by atoms with van der Waals surface area (Å²) in [4.78, 5) is 15.4. The molecule has 0 aromatic carbocycles. The van der Waals surface area contributed by atoms with Crippen molar-refractivity contribution in [1.29, 1.82) is 0 Å². The van der Waals surface area contributed by atoms with Gasteiger partial charge in [0.2, 0.25) is 11.8 Å². The van der Waals surface area contributed by atoms with Crippen LogP contribution in [-0.4, -0.2) is 25.5 Å². The Hall–Kier alpha value is -1.50. The van der Waals surface area contributed by atoms with Crippen LogP contribution in [0.1, 0.15) is 32.1 Å². The van der Waals surface area contributed by atoms with Crippen LogP contribution in [0, 0.1) is 18.4 Å². The highest BCUT2D eigenvalue weighted by atomic mass is 16.5. The van der Waals surface area contributed by atoms with Gasteiger partial charge in [-0.3, -0.25) is 4.79 Å². The Balaban J connectivity index is 2.34. The third-order valence-corrected chi connectivity index (χ3v) is 2.81. The number of terminal acetylenes is 1. The van der Waals surface area contributed by atoms with Crippen molar-refractivity contribution in [3.8, 4) is 12.5 Å². The monoisotopic (exact) mass is 222 g/mol. The largest absolute Gasteiger partial charge is 0.482 e. The fourth-order valence-electron chi connectivity index (χ4n) is 1.90. The lowest BCUT2D eigenvalue weighted by Gasteiger charge is -2.20. The molecule has 4 nitrogen and oxygen atoms in total. The van der Waals surface area contributed by atoms with E-state index < -0.39 is 0 Å². The number of methoxy groups -OCH3 is 1. The fraction of sp³-hybridized carbons (Fsp3) is 0.667. The number of rotatable bonds is 3. The van der Waals surface area contributed by atoms with Crippen molar-refractivity contribution >= 4 is 11.8 Å². The Bertz CT molecular complexity index is 299. The molecule has 0 bridgehead atoms. The van der Waals surface area contributed by atoms with E-state index in [1.165, 1.54) is 13.5 Å². The summed E-state index contributed by atoms with van der Waals surface area (Å²) in [6.07, 6.45) is 10.5. The van der Waals surface area contributed by atoms with E-state index in [1.54, 1.807) is 0 Å². The number of nitrogens with zero attached hydrogens (tertiary/aromatic N) is 1. The first-order valence-electron chi connectivity index (χ1n) is 5.61. The average Bonchev–Trinajstić information content (AvgIpc) is 2.35. The van der Waals surface area contributed by atoms with Crippen LogP contribution in [0.3, 0.4) is 0 Å². The van der Waals surface area contributed by atoms with E-state index in [1.807, 2.05) is 0 Å². The van der Waals surface area contributed by atoms with Crippen molar-refractivity contribution in [2.24, 2.45) is 10.9 Å².